The molecule has 0 saturated heterocycles. The summed E-state index contributed by atoms with van der Waals surface area (Å²) in [6.07, 6.45) is 0.752. The molecule has 160 valence electrons. The predicted molar refractivity (Wildman–Crippen MR) is 123 cm³/mol. The number of nitrogens with zero attached hydrogens (tertiary/aromatic N) is 2. The first-order chi connectivity index (χ1) is 15.6. The molecule has 4 rings (SSSR count). The van der Waals surface area contributed by atoms with E-state index in [1.54, 1.807) is 42.5 Å². The van der Waals surface area contributed by atoms with Crippen molar-refractivity contribution in [3.63, 3.8) is 0 Å². The van der Waals surface area contributed by atoms with Crippen molar-refractivity contribution in [3.05, 3.63) is 118 Å². The van der Waals surface area contributed by atoms with Crippen LogP contribution in [0, 0.1) is 5.82 Å². The van der Waals surface area contributed by atoms with Crippen molar-refractivity contribution < 1.29 is 9.18 Å². The molecule has 0 bridgehead atoms. The van der Waals surface area contributed by atoms with Crippen LogP contribution in [0.25, 0.3) is 5.69 Å². The molecular formula is C25H20FN3O2S. The number of amides is 1. The Labute approximate surface area is 188 Å². The molecule has 32 heavy (non-hydrogen) atoms. The summed E-state index contributed by atoms with van der Waals surface area (Å²) in [6, 6.07) is 25.8. The first-order valence-corrected chi connectivity index (χ1v) is 10.9. The van der Waals surface area contributed by atoms with Gasteiger partial charge in [-0.3, -0.25) is 9.59 Å². The number of hydrogen-bond acceptors (Lipinski definition) is 4. The van der Waals surface area contributed by atoms with Gasteiger partial charge in [0.25, 0.3) is 11.5 Å². The maximum atomic E-state index is 13.1. The smallest absolute Gasteiger partial charge is 0.271 e. The van der Waals surface area contributed by atoms with E-state index in [1.165, 1.54) is 34.6 Å². The molecule has 0 saturated carbocycles. The van der Waals surface area contributed by atoms with E-state index >= 15 is 0 Å². The van der Waals surface area contributed by atoms with Crippen LogP contribution in [0.1, 0.15) is 15.9 Å². The van der Waals surface area contributed by atoms with Crippen LogP contribution in [0.15, 0.2) is 106 Å². The second kappa shape index (κ2) is 10.1. The van der Waals surface area contributed by atoms with E-state index in [2.05, 4.69) is 10.4 Å². The second-order valence-corrected chi connectivity index (χ2v) is 8.11. The summed E-state index contributed by atoms with van der Waals surface area (Å²) < 4.78 is 14.4. The molecule has 4 aromatic rings. The number of rotatable bonds is 7. The minimum absolute atomic E-state index is 0.173. The molecule has 0 aliphatic heterocycles. The number of nitrogens with one attached hydrogen (secondary N) is 1. The SMILES string of the molecule is O=C(NCCc1ccccc1)c1ccc(-n2nc(Sc3ccc(F)cc3)ccc2=O)cc1. The number of carbonyl (C=O) groups is 1. The predicted octanol–water partition coefficient (Wildman–Crippen LogP) is 4.50. The van der Waals surface area contributed by atoms with Gasteiger partial charge in [0.15, 0.2) is 0 Å². The number of hydrogen-bond donors (Lipinski definition) is 1. The van der Waals surface area contributed by atoms with Crippen molar-refractivity contribution in [2.24, 2.45) is 0 Å². The summed E-state index contributed by atoms with van der Waals surface area (Å²) in [7, 11) is 0. The van der Waals surface area contributed by atoms with Crippen LogP contribution < -0.4 is 10.9 Å². The Morgan fingerprint density at radius 3 is 2.34 bits per heavy atom. The van der Waals surface area contributed by atoms with Crippen molar-refractivity contribution in [2.75, 3.05) is 6.54 Å². The molecule has 0 spiro atoms. The van der Waals surface area contributed by atoms with Gasteiger partial charge in [0.1, 0.15) is 10.8 Å². The first kappa shape index (κ1) is 21.5. The third-order valence-electron chi connectivity index (χ3n) is 4.73. The van der Waals surface area contributed by atoms with E-state index in [4.69, 9.17) is 0 Å². The zero-order chi connectivity index (χ0) is 22.3. The van der Waals surface area contributed by atoms with Gasteiger partial charge in [-0.2, -0.15) is 9.78 Å². The minimum Gasteiger partial charge on any atom is -0.352 e. The maximum absolute atomic E-state index is 13.1. The van der Waals surface area contributed by atoms with Crippen molar-refractivity contribution in [1.29, 1.82) is 0 Å². The standard InChI is InChI=1S/C25H20FN3O2S/c26-20-8-12-22(13-9-20)32-23-14-15-24(30)29(28-23)21-10-6-19(7-11-21)25(31)27-17-16-18-4-2-1-3-5-18/h1-15H,16-17H2,(H,27,31). The minimum atomic E-state index is -0.309. The van der Waals surface area contributed by atoms with E-state index < -0.39 is 0 Å². The molecule has 3 aromatic carbocycles. The van der Waals surface area contributed by atoms with E-state index in [-0.39, 0.29) is 17.3 Å². The molecule has 7 heteroatoms. The van der Waals surface area contributed by atoms with Gasteiger partial charge in [-0.05, 0) is 66.6 Å². The van der Waals surface area contributed by atoms with Crippen LogP contribution in [0.4, 0.5) is 4.39 Å². The summed E-state index contributed by atoms with van der Waals surface area (Å²) in [4.78, 5) is 25.5. The largest absolute Gasteiger partial charge is 0.352 e. The molecule has 1 N–H and O–H groups in total. The zero-order valence-electron chi connectivity index (χ0n) is 17.1. The lowest BCUT2D eigenvalue weighted by atomic mass is 10.1. The Bertz CT molecular complexity index is 1260. The van der Waals surface area contributed by atoms with Crippen molar-refractivity contribution >= 4 is 17.7 Å². The molecule has 1 aromatic heterocycles. The lowest BCUT2D eigenvalue weighted by Gasteiger charge is -2.09. The van der Waals surface area contributed by atoms with Gasteiger partial charge >= 0.3 is 0 Å². The highest BCUT2D eigenvalue weighted by atomic mass is 32.2. The molecule has 1 heterocycles. The van der Waals surface area contributed by atoms with Gasteiger partial charge in [-0.15, -0.1) is 0 Å². The van der Waals surface area contributed by atoms with Crippen LogP contribution in [-0.2, 0) is 6.42 Å². The Morgan fingerprint density at radius 1 is 0.906 bits per heavy atom. The van der Waals surface area contributed by atoms with Gasteiger partial charge in [0.05, 0.1) is 5.69 Å². The topological polar surface area (TPSA) is 64.0 Å². The maximum Gasteiger partial charge on any atom is 0.271 e. The van der Waals surface area contributed by atoms with E-state index in [1.807, 2.05) is 30.3 Å². The highest BCUT2D eigenvalue weighted by molar-refractivity contribution is 7.99. The Morgan fingerprint density at radius 2 is 1.62 bits per heavy atom. The molecule has 0 aliphatic rings. The normalized spacial score (nSPS) is 10.7. The zero-order valence-corrected chi connectivity index (χ0v) is 17.9. The number of aromatic nitrogens is 2. The van der Waals surface area contributed by atoms with E-state index in [9.17, 15) is 14.0 Å². The third-order valence-corrected chi connectivity index (χ3v) is 5.66. The Balaban J connectivity index is 1.43. The van der Waals surface area contributed by atoms with Crippen LogP contribution in [-0.4, -0.2) is 22.2 Å². The molecule has 5 nitrogen and oxygen atoms in total. The van der Waals surface area contributed by atoms with Crippen molar-refractivity contribution in [3.8, 4) is 5.69 Å². The molecular weight excluding hydrogens is 425 g/mol. The van der Waals surface area contributed by atoms with Crippen LogP contribution in [0.3, 0.4) is 0 Å². The third kappa shape index (κ3) is 5.50. The summed E-state index contributed by atoms with van der Waals surface area (Å²) in [5.74, 6) is -0.482. The van der Waals surface area contributed by atoms with Crippen LogP contribution in [0.5, 0.6) is 0 Å². The first-order valence-electron chi connectivity index (χ1n) is 10.0. The molecule has 0 atom stereocenters. The monoisotopic (exact) mass is 445 g/mol. The summed E-state index contributed by atoms with van der Waals surface area (Å²) in [6.45, 7) is 0.536. The highest BCUT2D eigenvalue weighted by Crippen LogP contribution is 2.25. The van der Waals surface area contributed by atoms with E-state index in [0.717, 1.165) is 16.9 Å². The molecule has 1 amide bonds. The van der Waals surface area contributed by atoms with Gasteiger partial charge in [-0.25, -0.2) is 4.39 Å². The summed E-state index contributed by atoms with van der Waals surface area (Å²) >= 11 is 1.33. The highest BCUT2D eigenvalue weighted by Gasteiger charge is 2.08. The molecule has 0 aliphatic carbocycles. The molecule has 0 fully saturated rings. The average molecular weight is 446 g/mol. The quantitative estimate of drug-likeness (QED) is 0.455. The van der Waals surface area contributed by atoms with Gasteiger partial charge in [0, 0.05) is 23.1 Å². The van der Waals surface area contributed by atoms with Gasteiger partial charge < -0.3 is 5.32 Å². The Kier molecular flexibility index (Phi) is 6.77. The number of halogens is 1. The lowest BCUT2D eigenvalue weighted by molar-refractivity contribution is 0.0954. The average Bonchev–Trinajstić information content (AvgIpc) is 2.82. The van der Waals surface area contributed by atoms with Crippen LogP contribution >= 0.6 is 11.8 Å². The summed E-state index contributed by atoms with van der Waals surface area (Å²) in [5.41, 5.74) is 1.93. The molecule has 0 unspecified atom stereocenters. The fourth-order valence-electron chi connectivity index (χ4n) is 3.08. The number of carbonyl (C=O) groups excluding carboxylic acids is 1. The van der Waals surface area contributed by atoms with Crippen molar-refractivity contribution in [1.82, 2.24) is 15.1 Å². The Hall–Kier alpha value is -3.71. The molecule has 0 radical (unpaired) electrons. The summed E-state index contributed by atoms with van der Waals surface area (Å²) in [5, 5.41) is 7.89. The second-order valence-electron chi connectivity index (χ2n) is 7.02. The van der Waals surface area contributed by atoms with Crippen molar-refractivity contribution in [2.45, 2.75) is 16.3 Å². The number of benzene rings is 3. The fraction of sp³-hybridized carbons (Fsp3) is 0.0800. The van der Waals surface area contributed by atoms with Crippen LogP contribution in [0.2, 0.25) is 0 Å². The van der Waals surface area contributed by atoms with Gasteiger partial charge in [-0.1, -0.05) is 42.1 Å². The fourth-order valence-corrected chi connectivity index (χ4v) is 3.85. The lowest BCUT2D eigenvalue weighted by Crippen LogP contribution is -2.26. The van der Waals surface area contributed by atoms with Gasteiger partial charge in [0.2, 0.25) is 0 Å². The van der Waals surface area contributed by atoms with E-state index in [0.29, 0.717) is 22.8 Å².